The molecule has 0 aromatic heterocycles. The predicted molar refractivity (Wildman–Crippen MR) is 135 cm³/mol. The van der Waals surface area contributed by atoms with Gasteiger partial charge in [-0.15, -0.1) is 0 Å². The van der Waals surface area contributed by atoms with E-state index in [4.69, 9.17) is 0 Å². The number of rotatable bonds is 6. The molecule has 1 saturated carbocycles. The summed E-state index contributed by atoms with van der Waals surface area (Å²) in [7, 11) is 0. The van der Waals surface area contributed by atoms with Crippen LogP contribution in [0.3, 0.4) is 0 Å². The summed E-state index contributed by atoms with van der Waals surface area (Å²) < 4.78 is 0. The molecular weight excluding hydrogens is 372 g/mol. The molecule has 1 aliphatic rings. The van der Waals surface area contributed by atoms with E-state index in [1.54, 1.807) is 0 Å². The molecule has 1 fully saturated rings. The summed E-state index contributed by atoms with van der Waals surface area (Å²) in [4.78, 5) is 0. The smallest absolute Gasteiger partial charge is 0.0255 e. The Hall–Kier alpha value is -2.52. The van der Waals surface area contributed by atoms with E-state index in [1.165, 1.54) is 79.7 Å². The molecule has 0 heteroatoms. The van der Waals surface area contributed by atoms with Crippen LogP contribution in [0.2, 0.25) is 0 Å². The first-order valence-corrected chi connectivity index (χ1v) is 12.4. The van der Waals surface area contributed by atoms with Crippen LogP contribution in [0.5, 0.6) is 0 Å². The van der Waals surface area contributed by atoms with Gasteiger partial charge < -0.3 is 0 Å². The van der Waals surface area contributed by atoms with Gasteiger partial charge in [-0.2, -0.15) is 0 Å². The third-order valence-corrected chi connectivity index (χ3v) is 6.97. The van der Waals surface area contributed by atoms with Gasteiger partial charge in [0, 0.05) is 11.1 Å². The molecular formula is C31H36. The Balaban J connectivity index is 1.40. The zero-order chi connectivity index (χ0) is 21.5. The molecule has 31 heavy (non-hydrogen) atoms. The fraction of sp³-hybridized carbons (Fsp3) is 0.419. The highest BCUT2D eigenvalue weighted by Crippen LogP contribution is 2.35. The molecule has 0 N–H and O–H groups in total. The van der Waals surface area contributed by atoms with Gasteiger partial charge in [-0.05, 0) is 83.7 Å². The van der Waals surface area contributed by atoms with E-state index in [9.17, 15) is 0 Å². The van der Waals surface area contributed by atoms with Gasteiger partial charge in [0.1, 0.15) is 0 Å². The van der Waals surface area contributed by atoms with Gasteiger partial charge in [-0.3, -0.25) is 0 Å². The summed E-state index contributed by atoms with van der Waals surface area (Å²) >= 11 is 0. The van der Waals surface area contributed by atoms with E-state index in [0.717, 1.165) is 23.0 Å². The van der Waals surface area contributed by atoms with Gasteiger partial charge in [-0.1, -0.05) is 94.2 Å². The Morgan fingerprint density at radius 2 is 1.39 bits per heavy atom. The lowest BCUT2D eigenvalue weighted by molar-refractivity contribution is 0.348. The zero-order valence-corrected chi connectivity index (χ0v) is 19.3. The van der Waals surface area contributed by atoms with E-state index in [-0.39, 0.29) is 0 Å². The van der Waals surface area contributed by atoms with Gasteiger partial charge in [0.15, 0.2) is 0 Å². The van der Waals surface area contributed by atoms with Gasteiger partial charge >= 0.3 is 0 Å². The highest BCUT2D eigenvalue weighted by molar-refractivity contribution is 5.84. The summed E-state index contributed by atoms with van der Waals surface area (Å²) in [5, 5.41) is 2.61. The molecule has 0 amide bonds. The summed E-state index contributed by atoms with van der Waals surface area (Å²) in [6, 6.07) is 22.5. The quantitative estimate of drug-likeness (QED) is 0.283. The van der Waals surface area contributed by atoms with Crippen molar-refractivity contribution in [2.45, 2.75) is 77.6 Å². The summed E-state index contributed by atoms with van der Waals surface area (Å²) in [5.41, 5.74) is 5.15. The molecule has 1 aliphatic carbocycles. The van der Waals surface area contributed by atoms with Gasteiger partial charge in [0.25, 0.3) is 0 Å². The van der Waals surface area contributed by atoms with Crippen molar-refractivity contribution in [2.75, 3.05) is 0 Å². The van der Waals surface area contributed by atoms with Crippen LogP contribution in [-0.2, 0) is 6.42 Å². The first-order chi connectivity index (χ1) is 15.2. The maximum atomic E-state index is 3.37. The van der Waals surface area contributed by atoms with Crippen molar-refractivity contribution < 1.29 is 0 Å². The second kappa shape index (κ2) is 10.7. The van der Waals surface area contributed by atoms with Crippen molar-refractivity contribution in [3.05, 3.63) is 82.9 Å². The lowest BCUT2D eigenvalue weighted by Gasteiger charge is -2.26. The van der Waals surface area contributed by atoms with Crippen LogP contribution in [0.15, 0.2) is 60.7 Å². The van der Waals surface area contributed by atoms with E-state index in [2.05, 4.69) is 86.4 Å². The first kappa shape index (κ1) is 21.7. The number of aryl methyl sites for hydroxylation is 1. The number of unbranched alkanes of at least 4 members (excludes halogenated alkanes) is 3. The predicted octanol–water partition coefficient (Wildman–Crippen LogP) is 8.66. The summed E-state index contributed by atoms with van der Waals surface area (Å²) in [6.45, 7) is 4.65. The summed E-state index contributed by atoms with van der Waals surface area (Å²) in [6.07, 6.45) is 11.9. The number of hydrogen-bond acceptors (Lipinski definition) is 0. The Kier molecular flexibility index (Phi) is 7.48. The van der Waals surface area contributed by atoms with Gasteiger partial charge in [0.05, 0.1) is 0 Å². The molecule has 0 spiro atoms. The minimum Gasteiger partial charge on any atom is -0.0654 e. The van der Waals surface area contributed by atoms with Crippen molar-refractivity contribution in [2.24, 2.45) is 5.92 Å². The third kappa shape index (κ3) is 6.01. The largest absolute Gasteiger partial charge is 0.0654 e. The lowest BCUT2D eigenvalue weighted by atomic mass is 9.79. The van der Waals surface area contributed by atoms with E-state index < -0.39 is 0 Å². The second-order valence-corrected chi connectivity index (χ2v) is 9.54. The Labute approximate surface area is 189 Å². The van der Waals surface area contributed by atoms with Crippen LogP contribution in [0.25, 0.3) is 10.8 Å². The SMILES string of the molecule is CCCCCCc1ccc2cc(C#Cc3ccc(C4CCC(C)CC4)cc3)ccc2c1. The van der Waals surface area contributed by atoms with Crippen molar-refractivity contribution >= 4 is 10.8 Å². The molecule has 3 aromatic carbocycles. The standard InChI is InChI=1S/C31H36/c1-3-4-5-6-7-26-14-20-31-23-27(15-21-30(31)22-26)11-10-25-12-18-29(19-13-25)28-16-8-24(2)9-17-28/h12-15,18-24,28H,3-9,16-17H2,1-2H3. The van der Waals surface area contributed by atoms with E-state index in [0.29, 0.717) is 0 Å². The molecule has 0 saturated heterocycles. The molecule has 4 rings (SSSR count). The monoisotopic (exact) mass is 408 g/mol. The van der Waals surface area contributed by atoms with Crippen molar-refractivity contribution in [1.82, 2.24) is 0 Å². The van der Waals surface area contributed by atoms with Gasteiger partial charge in [-0.25, -0.2) is 0 Å². The van der Waals surface area contributed by atoms with Crippen LogP contribution in [0.4, 0.5) is 0 Å². The lowest BCUT2D eigenvalue weighted by Crippen LogP contribution is -2.10. The van der Waals surface area contributed by atoms with E-state index >= 15 is 0 Å². The van der Waals surface area contributed by atoms with Gasteiger partial charge in [0.2, 0.25) is 0 Å². The molecule has 3 aromatic rings. The molecule has 0 aliphatic heterocycles. The highest BCUT2D eigenvalue weighted by Gasteiger charge is 2.19. The number of hydrogen-bond donors (Lipinski definition) is 0. The third-order valence-electron chi connectivity index (χ3n) is 6.97. The Bertz CT molecular complexity index is 1040. The van der Waals surface area contributed by atoms with E-state index in [1.807, 2.05) is 0 Å². The maximum Gasteiger partial charge on any atom is 0.0255 e. The van der Waals surface area contributed by atoms with Crippen molar-refractivity contribution in [3.63, 3.8) is 0 Å². The number of fused-ring (bicyclic) bond motifs is 1. The Morgan fingerprint density at radius 3 is 2.16 bits per heavy atom. The minimum absolute atomic E-state index is 0.746. The van der Waals surface area contributed by atoms with Crippen molar-refractivity contribution in [1.29, 1.82) is 0 Å². The average molecular weight is 409 g/mol. The molecule has 0 atom stereocenters. The van der Waals surface area contributed by atoms with Crippen LogP contribution >= 0.6 is 0 Å². The van der Waals surface area contributed by atoms with Crippen LogP contribution in [-0.4, -0.2) is 0 Å². The average Bonchev–Trinajstić information content (AvgIpc) is 2.81. The molecule has 0 unspecified atom stereocenters. The molecule has 0 heterocycles. The molecule has 0 nitrogen and oxygen atoms in total. The Morgan fingerprint density at radius 1 is 0.710 bits per heavy atom. The molecule has 0 radical (unpaired) electrons. The fourth-order valence-corrected chi connectivity index (χ4v) is 4.86. The fourth-order valence-electron chi connectivity index (χ4n) is 4.86. The summed E-state index contributed by atoms with van der Waals surface area (Å²) in [5.74, 6) is 8.38. The molecule has 0 bridgehead atoms. The van der Waals surface area contributed by atoms with Crippen molar-refractivity contribution in [3.8, 4) is 11.8 Å². The van der Waals surface area contributed by atoms with Crippen LogP contribution in [0, 0.1) is 17.8 Å². The normalized spacial score (nSPS) is 18.5. The highest BCUT2D eigenvalue weighted by atomic mass is 14.2. The second-order valence-electron chi connectivity index (χ2n) is 9.54. The first-order valence-electron chi connectivity index (χ1n) is 12.4. The van der Waals surface area contributed by atoms with Crippen LogP contribution < -0.4 is 0 Å². The minimum atomic E-state index is 0.746. The maximum absolute atomic E-state index is 3.37. The number of benzene rings is 3. The zero-order valence-electron chi connectivity index (χ0n) is 19.3. The topological polar surface area (TPSA) is 0 Å². The van der Waals surface area contributed by atoms with Crippen LogP contribution in [0.1, 0.15) is 93.4 Å². The molecule has 160 valence electrons.